The maximum atomic E-state index is 12.4. The number of nitrogens with zero attached hydrogens (tertiary/aromatic N) is 3. The minimum absolute atomic E-state index is 0.136. The molecule has 0 fully saturated rings. The van der Waals surface area contributed by atoms with E-state index in [0.717, 1.165) is 16.0 Å². The van der Waals surface area contributed by atoms with Crippen molar-refractivity contribution in [2.24, 2.45) is 5.84 Å². The summed E-state index contributed by atoms with van der Waals surface area (Å²) >= 11 is 6.50. The summed E-state index contributed by atoms with van der Waals surface area (Å²) in [5, 5.41) is 10.7. The molecule has 0 bridgehead atoms. The summed E-state index contributed by atoms with van der Waals surface area (Å²) in [6.45, 7) is 0. The number of hydrogen-bond acceptors (Lipinski definition) is 6. The smallest absolute Gasteiger partial charge is 0.327 e. The lowest BCUT2D eigenvalue weighted by molar-refractivity contribution is -0.139. The van der Waals surface area contributed by atoms with Crippen molar-refractivity contribution in [1.29, 1.82) is 0 Å². The van der Waals surface area contributed by atoms with Crippen LogP contribution in [-0.4, -0.2) is 39.4 Å². The first-order valence-electron chi connectivity index (χ1n) is 13.1. The summed E-state index contributed by atoms with van der Waals surface area (Å²) in [5.74, 6) is 9.89. The average molecular weight is 590 g/mol. The summed E-state index contributed by atoms with van der Waals surface area (Å²) in [4.78, 5) is 46.2. The van der Waals surface area contributed by atoms with Gasteiger partial charge in [-0.15, -0.1) is 0 Å². The molecule has 0 saturated carbocycles. The average Bonchev–Trinajstić information content (AvgIpc) is 3.04. The molecule has 0 aliphatic rings. The van der Waals surface area contributed by atoms with Crippen LogP contribution in [0.2, 0.25) is 5.02 Å². The van der Waals surface area contributed by atoms with Crippen LogP contribution < -0.4 is 16.2 Å². The molecule has 0 radical (unpaired) electrons. The van der Waals surface area contributed by atoms with Crippen LogP contribution in [0, 0.1) is 11.8 Å². The number of fused-ring (bicyclic) bond motifs is 1. The number of carboxylic acid groups (broad SMARTS) is 1. The molecule has 3 aromatic carbocycles. The summed E-state index contributed by atoms with van der Waals surface area (Å²) in [6, 6.07) is 23.5. The molecule has 2 heterocycles. The monoisotopic (exact) mass is 589 g/mol. The Morgan fingerprint density at radius 2 is 1.79 bits per heavy atom. The van der Waals surface area contributed by atoms with Crippen LogP contribution in [0.1, 0.15) is 27.0 Å². The third-order valence-electron chi connectivity index (χ3n) is 6.77. The number of rotatable bonds is 8. The van der Waals surface area contributed by atoms with Gasteiger partial charge in [0.1, 0.15) is 6.04 Å². The molecule has 2 amide bonds. The van der Waals surface area contributed by atoms with Crippen LogP contribution in [0.5, 0.6) is 0 Å². The van der Waals surface area contributed by atoms with Gasteiger partial charge < -0.3 is 10.0 Å². The van der Waals surface area contributed by atoms with Crippen LogP contribution in [0.3, 0.4) is 0 Å². The predicted molar refractivity (Wildman–Crippen MR) is 164 cm³/mol. The van der Waals surface area contributed by atoms with Crippen molar-refractivity contribution in [3.05, 3.63) is 125 Å². The van der Waals surface area contributed by atoms with E-state index in [-0.39, 0.29) is 11.4 Å². The molecular formula is C33H24ClN5O4. The van der Waals surface area contributed by atoms with Crippen LogP contribution >= 0.6 is 11.6 Å². The zero-order valence-corrected chi connectivity index (χ0v) is 23.3. The molecule has 9 nitrogen and oxygen atoms in total. The fourth-order valence-corrected chi connectivity index (χ4v) is 4.79. The topological polar surface area (TPSA) is 139 Å². The standard InChI is InChI=1S/C33H24ClN5O4/c34-28-17-25(39(20-40)31(33(42)43)16-22-4-2-1-3-5-22)13-12-23(28)9-6-21-7-10-24(11-8-21)30-18-26(32(41)38-35)27-19-36-15-14-29(27)37-30/h1-5,7-8,10-15,17-20,31H,16,35H2,(H,38,41)(H,42,43). The number of nitrogens with two attached hydrogens (primary N) is 1. The van der Waals surface area contributed by atoms with Gasteiger partial charge in [0.2, 0.25) is 6.41 Å². The fraction of sp³-hybridized carbons (Fsp3) is 0.0606. The van der Waals surface area contributed by atoms with Gasteiger partial charge in [0.05, 0.1) is 21.8 Å². The number of anilines is 1. The highest BCUT2D eigenvalue weighted by molar-refractivity contribution is 6.32. The van der Waals surface area contributed by atoms with Gasteiger partial charge in [-0.25, -0.2) is 15.6 Å². The maximum absolute atomic E-state index is 12.4. The van der Waals surface area contributed by atoms with Crippen molar-refractivity contribution in [1.82, 2.24) is 15.4 Å². The summed E-state index contributed by atoms with van der Waals surface area (Å²) in [7, 11) is 0. The largest absolute Gasteiger partial charge is 0.480 e. The molecular weight excluding hydrogens is 566 g/mol. The molecule has 0 spiro atoms. The highest BCUT2D eigenvalue weighted by atomic mass is 35.5. The van der Waals surface area contributed by atoms with Crippen LogP contribution in [0.25, 0.3) is 22.2 Å². The number of hydrazine groups is 1. The Morgan fingerprint density at radius 1 is 1.02 bits per heavy atom. The van der Waals surface area contributed by atoms with E-state index in [4.69, 9.17) is 17.4 Å². The molecule has 0 saturated heterocycles. The number of nitrogens with one attached hydrogen (secondary N) is 1. The number of hydrogen-bond donors (Lipinski definition) is 3. The first kappa shape index (κ1) is 29.0. The van der Waals surface area contributed by atoms with E-state index in [1.807, 2.05) is 54.6 Å². The number of carboxylic acids is 1. The van der Waals surface area contributed by atoms with Crippen LogP contribution in [0.15, 0.2) is 97.3 Å². The molecule has 212 valence electrons. The number of pyridine rings is 2. The minimum Gasteiger partial charge on any atom is -0.480 e. The Bertz CT molecular complexity index is 1890. The van der Waals surface area contributed by atoms with Crippen molar-refractivity contribution in [3.63, 3.8) is 0 Å². The number of halogens is 1. The molecule has 43 heavy (non-hydrogen) atoms. The molecule has 2 aromatic heterocycles. The molecule has 5 aromatic rings. The van der Waals surface area contributed by atoms with E-state index >= 15 is 0 Å². The lowest BCUT2D eigenvalue weighted by Crippen LogP contribution is -2.42. The number of carbonyl (C=O) groups excluding carboxylic acids is 2. The molecule has 1 unspecified atom stereocenters. The van der Waals surface area contributed by atoms with Crippen molar-refractivity contribution in [3.8, 4) is 23.1 Å². The third kappa shape index (κ3) is 6.52. The first-order valence-corrected chi connectivity index (χ1v) is 13.4. The Hall–Kier alpha value is -5.56. The molecule has 0 aliphatic heterocycles. The van der Waals surface area contributed by atoms with Crippen LogP contribution in [-0.2, 0) is 16.0 Å². The van der Waals surface area contributed by atoms with E-state index in [2.05, 4.69) is 27.2 Å². The lowest BCUT2D eigenvalue weighted by atomic mass is 10.0. The van der Waals surface area contributed by atoms with E-state index < -0.39 is 17.9 Å². The summed E-state index contributed by atoms with van der Waals surface area (Å²) in [5.41, 5.74) is 6.84. The zero-order valence-electron chi connectivity index (χ0n) is 22.6. The van der Waals surface area contributed by atoms with E-state index in [1.165, 1.54) is 6.07 Å². The van der Waals surface area contributed by atoms with E-state index in [9.17, 15) is 19.5 Å². The van der Waals surface area contributed by atoms with Gasteiger partial charge in [-0.05, 0) is 48.0 Å². The molecule has 5 rings (SSSR count). The van der Waals surface area contributed by atoms with Crippen molar-refractivity contribution < 1.29 is 19.5 Å². The van der Waals surface area contributed by atoms with Crippen molar-refractivity contribution in [2.75, 3.05) is 4.90 Å². The number of aromatic nitrogens is 2. The lowest BCUT2D eigenvalue weighted by Gasteiger charge is -2.25. The van der Waals surface area contributed by atoms with Gasteiger partial charge in [0.25, 0.3) is 5.91 Å². The molecule has 0 aliphatic carbocycles. The summed E-state index contributed by atoms with van der Waals surface area (Å²) < 4.78 is 0. The quantitative estimate of drug-likeness (QED) is 0.0789. The van der Waals surface area contributed by atoms with Crippen molar-refractivity contribution >= 4 is 46.5 Å². The number of amides is 2. The zero-order chi connectivity index (χ0) is 30.3. The highest BCUT2D eigenvalue weighted by Crippen LogP contribution is 2.27. The number of carbonyl (C=O) groups is 3. The van der Waals surface area contributed by atoms with Gasteiger partial charge in [-0.1, -0.05) is 65.9 Å². The second-order valence-electron chi connectivity index (χ2n) is 9.47. The molecule has 4 N–H and O–H groups in total. The van der Waals surface area contributed by atoms with E-state index in [0.29, 0.717) is 45.4 Å². The number of benzene rings is 3. The van der Waals surface area contributed by atoms with Gasteiger partial charge in [-0.2, -0.15) is 0 Å². The number of nitrogen functional groups attached to an aromatic ring is 1. The van der Waals surface area contributed by atoms with Gasteiger partial charge in [0.15, 0.2) is 0 Å². The second-order valence-corrected chi connectivity index (χ2v) is 9.88. The van der Waals surface area contributed by atoms with Gasteiger partial charge in [0, 0.05) is 46.6 Å². The van der Waals surface area contributed by atoms with Crippen LogP contribution in [0.4, 0.5) is 5.69 Å². The highest BCUT2D eigenvalue weighted by Gasteiger charge is 2.26. The molecule has 1 atom stereocenters. The van der Waals surface area contributed by atoms with Gasteiger partial charge >= 0.3 is 5.97 Å². The third-order valence-corrected chi connectivity index (χ3v) is 7.08. The maximum Gasteiger partial charge on any atom is 0.327 e. The SMILES string of the molecule is NNC(=O)c1cc(-c2ccc(C#Cc3ccc(N(C=O)C(Cc4ccccc4)C(=O)O)cc3Cl)cc2)nc2ccncc12. The minimum atomic E-state index is -1.13. The Kier molecular flexibility index (Phi) is 8.72. The molecule has 10 heteroatoms. The van der Waals surface area contributed by atoms with E-state index in [1.54, 1.807) is 36.7 Å². The second kappa shape index (κ2) is 13.0. The Labute approximate surface area is 251 Å². The normalized spacial score (nSPS) is 11.2. The van der Waals surface area contributed by atoms with Crippen molar-refractivity contribution in [2.45, 2.75) is 12.5 Å². The number of aliphatic carboxylic acids is 1. The predicted octanol–water partition coefficient (Wildman–Crippen LogP) is 4.61. The van der Waals surface area contributed by atoms with Gasteiger partial charge in [-0.3, -0.25) is 20.0 Å². The first-order chi connectivity index (χ1) is 20.9. The summed E-state index contributed by atoms with van der Waals surface area (Å²) in [6.07, 6.45) is 3.80. The fourth-order valence-electron chi connectivity index (χ4n) is 4.57. The Balaban J connectivity index is 1.37. The Morgan fingerprint density at radius 3 is 2.47 bits per heavy atom.